The summed E-state index contributed by atoms with van der Waals surface area (Å²) in [6.07, 6.45) is 11.1. The minimum Gasteiger partial charge on any atom is -0.424 e. The first-order chi connectivity index (χ1) is 15.7. The van der Waals surface area contributed by atoms with Gasteiger partial charge in [0.05, 0.1) is 6.10 Å². The summed E-state index contributed by atoms with van der Waals surface area (Å²) >= 11 is 0. The molecule has 0 fully saturated rings. The minimum atomic E-state index is -2.93. The normalized spacial score (nSPS) is 14.4. The highest BCUT2D eigenvalue weighted by Gasteiger charge is 2.49. The average Bonchev–Trinajstić information content (AvgIpc) is 2.82. The standard InChI is InChI=1S/C30H44O2Si/c1-6-7-23-29(31)26(3)18-14-16-25(2)17-15-24-30(4,5)33(32,27-19-10-8-11-20-27)28-21-12-9-13-22-28/h8-13,17-22,29,31-32H,6-7,14-16,23-24H2,1-5H3/b25-17+,26-18+. The third-order valence-electron chi connectivity index (χ3n) is 6.99. The van der Waals surface area contributed by atoms with Crippen LogP contribution in [0.3, 0.4) is 0 Å². The summed E-state index contributed by atoms with van der Waals surface area (Å²) in [6, 6.07) is 20.5. The molecule has 1 unspecified atom stereocenters. The molecule has 2 aromatic carbocycles. The van der Waals surface area contributed by atoms with Crippen molar-refractivity contribution in [1.82, 2.24) is 0 Å². The zero-order valence-electron chi connectivity index (χ0n) is 21.3. The summed E-state index contributed by atoms with van der Waals surface area (Å²) < 4.78 is 0. The lowest BCUT2D eigenvalue weighted by Gasteiger charge is -2.41. The van der Waals surface area contributed by atoms with Crippen LogP contribution in [0.5, 0.6) is 0 Å². The van der Waals surface area contributed by atoms with Crippen LogP contribution in [0.1, 0.15) is 79.6 Å². The number of allylic oxidation sites excluding steroid dienone is 3. The van der Waals surface area contributed by atoms with Crippen molar-refractivity contribution in [2.24, 2.45) is 0 Å². The fourth-order valence-electron chi connectivity index (χ4n) is 4.56. The first-order valence-electron chi connectivity index (χ1n) is 12.6. The van der Waals surface area contributed by atoms with Crippen molar-refractivity contribution < 1.29 is 9.90 Å². The van der Waals surface area contributed by atoms with Gasteiger partial charge in [-0.15, -0.1) is 0 Å². The molecule has 0 aromatic heterocycles. The Balaban J connectivity index is 2.05. The van der Waals surface area contributed by atoms with Gasteiger partial charge in [-0.05, 0) is 66.9 Å². The van der Waals surface area contributed by atoms with Gasteiger partial charge in [0.2, 0.25) is 0 Å². The number of aliphatic hydroxyl groups excluding tert-OH is 1. The van der Waals surface area contributed by atoms with Gasteiger partial charge in [0.25, 0.3) is 8.32 Å². The van der Waals surface area contributed by atoms with Gasteiger partial charge in [0.1, 0.15) is 0 Å². The van der Waals surface area contributed by atoms with Crippen molar-refractivity contribution in [3.05, 3.63) is 84.0 Å². The van der Waals surface area contributed by atoms with E-state index in [1.807, 2.05) is 43.3 Å². The molecule has 0 bridgehead atoms. The highest BCUT2D eigenvalue weighted by molar-refractivity contribution is 6.98. The van der Waals surface area contributed by atoms with Gasteiger partial charge < -0.3 is 9.90 Å². The lowest BCUT2D eigenvalue weighted by atomic mass is 10.0. The molecule has 1 atom stereocenters. The monoisotopic (exact) mass is 464 g/mol. The van der Waals surface area contributed by atoms with Crippen LogP contribution in [0.2, 0.25) is 5.04 Å². The third kappa shape index (κ3) is 7.53. The van der Waals surface area contributed by atoms with Gasteiger partial charge in [-0.2, -0.15) is 0 Å². The Kier molecular flexibility index (Phi) is 10.8. The van der Waals surface area contributed by atoms with E-state index in [-0.39, 0.29) is 11.1 Å². The van der Waals surface area contributed by atoms with Crippen LogP contribution in [0.4, 0.5) is 0 Å². The lowest BCUT2D eigenvalue weighted by molar-refractivity contribution is 0.196. The molecular formula is C30H44O2Si. The van der Waals surface area contributed by atoms with Crippen LogP contribution in [0.15, 0.2) is 84.0 Å². The van der Waals surface area contributed by atoms with Crippen LogP contribution in [0, 0.1) is 0 Å². The maximum absolute atomic E-state index is 12.2. The predicted octanol–water partition coefficient (Wildman–Crippen LogP) is 6.52. The second-order valence-corrected chi connectivity index (χ2v) is 14.0. The van der Waals surface area contributed by atoms with E-state index in [9.17, 15) is 9.90 Å². The number of rotatable bonds is 13. The fourth-order valence-corrected chi connectivity index (χ4v) is 8.31. The number of hydrogen-bond acceptors (Lipinski definition) is 2. The first kappa shape index (κ1) is 27.3. The highest BCUT2D eigenvalue weighted by atomic mass is 28.4. The Bertz CT molecular complexity index is 845. The molecule has 0 amide bonds. The van der Waals surface area contributed by atoms with Crippen LogP contribution in [-0.2, 0) is 0 Å². The molecule has 180 valence electrons. The van der Waals surface area contributed by atoms with E-state index in [4.69, 9.17) is 0 Å². The summed E-state index contributed by atoms with van der Waals surface area (Å²) in [6.45, 7) is 10.9. The van der Waals surface area contributed by atoms with E-state index < -0.39 is 8.32 Å². The largest absolute Gasteiger partial charge is 0.424 e. The maximum Gasteiger partial charge on any atom is 0.258 e. The molecule has 2 N–H and O–H groups in total. The molecule has 0 saturated heterocycles. The second-order valence-electron chi connectivity index (χ2n) is 10.1. The van der Waals surface area contributed by atoms with Gasteiger partial charge in [0, 0.05) is 0 Å². The Morgan fingerprint density at radius 2 is 1.45 bits per heavy atom. The molecular weight excluding hydrogens is 420 g/mol. The van der Waals surface area contributed by atoms with Gasteiger partial charge in [-0.25, -0.2) is 0 Å². The fraction of sp³-hybridized carbons (Fsp3) is 0.467. The number of aliphatic hydroxyl groups is 1. The predicted molar refractivity (Wildman–Crippen MR) is 146 cm³/mol. The molecule has 0 spiro atoms. The van der Waals surface area contributed by atoms with E-state index in [0.29, 0.717) is 0 Å². The van der Waals surface area contributed by atoms with Crippen molar-refractivity contribution >= 4 is 18.7 Å². The molecule has 0 aliphatic rings. The summed E-state index contributed by atoms with van der Waals surface area (Å²) in [4.78, 5) is 12.2. The molecule has 0 aliphatic heterocycles. The number of hydrogen-bond donors (Lipinski definition) is 2. The molecule has 2 nitrogen and oxygen atoms in total. The molecule has 0 aliphatic carbocycles. The number of benzene rings is 2. The number of unbranched alkanes of at least 4 members (excludes halogenated alkanes) is 1. The topological polar surface area (TPSA) is 40.5 Å². The Hall–Kier alpha value is -1.94. The quantitative estimate of drug-likeness (QED) is 0.261. The summed E-state index contributed by atoms with van der Waals surface area (Å²) in [5, 5.41) is 12.1. The van der Waals surface area contributed by atoms with Crippen LogP contribution in [0.25, 0.3) is 0 Å². The van der Waals surface area contributed by atoms with E-state index in [1.54, 1.807) is 0 Å². The SMILES string of the molecule is CCCCC(O)/C(C)=C/CC/C(C)=C/CCC(C)(C)[Si](O)(c1ccccc1)c1ccccc1. The average molecular weight is 465 g/mol. The van der Waals surface area contributed by atoms with Crippen LogP contribution >= 0.6 is 0 Å². The van der Waals surface area contributed by atoms with E-state index >= 15 is 0 Å². The van der Waals surface area contributed by atoms with E-state index in [2.05, 4.69) is 64.1 Å². The molecule has 0 heterocycles. The Labute approximate surface area is 203 Å². The zero-order valence-corrected chi connectivity index (χ0v) is 22.3. The van der Waals surface area contributed by atoms with E-state index in [1.165, 1.54) is 5.57 Å². The molecule has 2 rings (SSSR count). The van der Waals surface area contributed by atoms with Crippen LogP contribution < -0.4 is 10.4 Å². The van der Waals surface area contributed by atoms with Crippen molar-refractivity contribution in [3.8, 4) is 0 Å². The molecule has 0 saturated carbocycles. The van der Waals surface area contributed by atoms with Crippen LogP contribution in [-0.4, -0.2) is 24.3 Å². The van der Waals surface area contributed by atoms with E-state index in [0.717, 1.165) is 60.9 Å². The lowest BCUT2D eigenvalue weighted by Crippen LogP contribution is -2.65. The van der Waals surface area contributed by atoms with Crippen molar-refractivity contribution in [2.45, 2.75) is 90.7 Å². The highest BCUT2D eigenvalue weighted by Crippen LogP contribution is 2.40. The second kappa shape index (κ2) is 13.1. The molecule has 3 heteroatoms. The molecule has 0 radical (unpaired) electrons. The zero-order chi connectivity index (χ0) is 24.3. The summed E-state index contributed by atoms with van der Waals surface area (Å²) in [5.41, 5.74) is 2.47. The summed E-state index contributed by atoms with van der Waals surface area (Å²) in [7, 11) is -2.93. The third-order valence-corrected chi connectivity index (χ3v) is 11.5. The molecule has 2 aromatic rings. The van der Waals surface area contributed by atoms with Gasteiger partial charge in [-0.1, -0.05) is 112 Å². The van der Waals surface area contributed by atoms with Gasteiger partial charge in [-0.3, -0.25) is 0 Å². The van der Waals surface area contributed by atoms with Crippen molar-refractivity contribution in [3.63, 3.8) is 0 Å². The van der Waals surface area contributed by atoms with Crippen molar-refractivity contribution in [2.75, 3.05) is 0 Å². The van der Waals surface area contributed by atoms with Gasteiger partial charge in [0.15, 0.2) is 0 Å². The minimum absolute atomic E-state index is 0.216. The Morgan fingerprint density at radius 1 is 0.909 bits per heavy atom. The summed E-state index contributed by atoms with van der Waals surface area (Å²) in [5.74, 6) is 0. The first-order valence-corrected chi connectivity index (χ1v) is 14.5. The van der Waals surface area contributed by atoms with Gasteiger partial charge >= 0.3 is 0 Å². The Morgan fingerprint density at radius 3 is 1.97 bits per heavy atom. The van der Waals surface area contributed by atoms with Crippen molar-refractivity contribution in [1.29, 1.82) is 0 Å². The maximum atomic E-state index is 12.2. The smallest absolute Gasteiger partial charge is 0.258 e. The molecule has 33 heavy (non-hydrogen) atoms.